The Morgan fingerprint density at radius 3 is 3.13 bits per heavy atom. The normalized spacial score (nSPS) is 13.5. The van der Waals surface area contributed by atoms with Crippen LogP contribution in [0.2, 0.25) is 0 Å². The van der Waals surface area contributed by atoms with Crippen LogP contribution in [0.15, 0.2) is 17.6 Å². The zero-order chi connectivity index (χ0) is 16.4. The summed E-state index contributed by atoms with van der Waals surface area (Å²) in [4.78, 5) is 32.9. The molecule has 3 rings (SSSR count). The first-order valence-corrected chi connectivity index (χ1v) is 7.76. The molecule has 10 heteroatoms. The minimum atomic E-state index is -0.656. The highest BCUT2D eigenvalue weighted by Gasteiger charge is 2.21. The Bertz CT molecular complexity index is 762. The van der Waals surface area contributed by atoms with Gasteiger partial charge in [0.05, 0.1) is 11.5 Å². The largest absolute Gasteiger partial charge is 0.378 e. The molecule has 2 aromatic heterocycles. The minimum Gasteiger partial charge on any atom is -0.378 e. The number of anilines is 2. The molecule has 120 valence electrons. The molecule has 0 radical (unpaired) electrons. The van der Waals surface area contributed by atoms with Gasteiger partial charge in [0.1, 0.15) is 6.20 Å². The molecule has 0 spiro atoms. The molecule has 1 amide bonds. The van der Waals surface area contributed by atoms with Gasteiger partial charge < -0.3 is 16.0 Å². The number of carbonyl (C=O) groups excluding carboxylic acids is 1. The summed E-state index contributed by atoms with van der Waals surface area (Å²) in [7, 11) is 0. The zero-order valence-electron chi connectivity index (χ0n) is 12.1. The molecular weight excluding hydrogens is 320 g/mol. The van der Waals surface area contributed by atoms with E-state index in [1.807, 2.05) is 11.4 Å². The number of carbonyl (C=O) groups is 1. The lowest BCUT2D eigenvalue weighted by atomic mass is 10.1. The van der Waals surface area contributed by atoms with Crippen LogP contribution in [0.25, 0.3) is 0 Å². The summed E-state index contributed by atoms with van der Waals surface area (Å²) in [6, 6.07) is 2.03. The van der Waals surface area contributed by atoms with Crippen LogP contribution in [-0.4, -0.2) is 38.8 Å². The second-order valence-corrected chi connectivity index (χ2v) is 6.01. The summed E-state index contributed by atoms with van der Waals surface area (Å²) < 4.78 is 0. The van der Waals surface area contributed by atoms with Crippen molar-refractivity contribution in [2.45, 2.75) is 13.0 Å². The lowest BCUT2D eigenvalue weighted by molar-refractivity contribution is -0.384. The molecular formula is C13H14N6O3S. The smallest absolute Gasteiger partial charge is 0.329 e. The van der Waals surface area contributed by atoms with Crippen LogP contribution >= 0.6 is 11.3 Å². The summed E-state index contributed by atoms with van der Waals surface area (Å²) >= 11 is 1.71. The van der Waals surface area contributed by atoms with Crippen molar-refractivity contribution in [2.75, 3.05) is 24.1 Å². The van der Waals surface area contributed by atoms with Gasteiger partial charge in [0.15, 0.2) is 0 Å². The van der Waals surface area contributed by atoms with Crippen molar-refractivity contribution >= 4 is 34.7 Å². The second-order valence-electron chi connectivity index (χ2n) is 5.01. The summed E-state index contributed by atoms with van der Waals surface area (Å²) in [5, 5.41) is 15.4. The van der Waals surface area contributed by atoms with E-state index in [1.54, 1.807) is 16.2 Å². The number of rotatable bonds is 4. The maximum absolute atomic E-state index is 12.2. The number of nitrogen functional groups attached to an aromatic ring is 1. The third kappa shape index (κ3) is 3.21. The van der Waals surface area contributed by atoms with E-state index >= 15 is 0 Å². The molecule has 0 bridgehead atoms. The lowest BCUT2D eigenvalue weighted by Gasteiger charge is -2.27. The average Bonchev–Trinajstić information content (AvgIpc) is 2.99. The highest BCUT2D eigenvalue weighted by Crippen LogP contribution is 2.24. The standard InChI is InChI=1S/C13H14N6O3S/c14-12-9(19(21)22)5-15-13(17-12)16-6-11(20)18-3-1-10-8(7-18)2-4-23-10/h2,4-5H,1,3,6-7H2,(H3,14,15,16,17). The van der Waals surface area contributed by atoms with Gasteiger partial charge in [-0.15, -0.1) is 11.3 Å². The molecule has 1 aliphatic heterocycles. The van der Waals surface area contributed by atoms with Gasteiger partial charge in [-0.05, 0) is 23.4 Å². The van der Waals surface area contributed by atoms with Crippen LogP contribution in [0.1, 0.15) is 10.4 Å². The summed E-state index contributed by atoms with van der Waals surface area (Å²) in [5.74, 6) is -0.224. The Morgan fingerprint density at radius 2 is 2.39 bits per heavy atom. The number of nitrogens with one attached hydrogen (secondary N) is 1. The van der Waals surface area contributed by atoms with Crippen molar-refractivity contribution in [3.05, 3.63) is 38.2 Å². The van der Waals surface area contributed by atoms with Gasteiger partial charge in [-0.3, -0.25) is 14.9 Å². The molecule has 0 aromatic carbocycles. The van der Waals surface area contributed by atoms with E-state index in [4.69, 9.17) is 5.73 Å². The van der Waals surface area contributed by atoms with E-state index in [2.05, 4.69) is 15.3 Å². The molecule has 0 atom stereocenters. The Labute approximate surface area is 135 Å². The van der Waals surface area contributed by atoms with Crippen molar-refractivity contribution in [3.8, 4) is 0 Å². The van der Waals surface area contributed by atoms with E-state index in [1.165, 1.54) is 10.4 Å². The Balaban J connectivity index is 1.59. The molecule has 23 heavy (non-hydrogen) atoms. The molecule has 1 aliphatic rings. The third-order valence-electron chi connectivity index (χ3n) is 3.55. The maximum atomic E-state index is 12.2. The number of aromatic nitrogens is 2. The van der Waals surface area contributed by atoms with Crippen LogP contribution in [0.5, 0.6) is 0 Å². The third-order valence-corrected chi connectivity index (χ3v) is 4.58. The van der Waals surface area contributed by atoms with Gasteiger partial charge in [-0.1, -0.05) is 0 Å². The van der Waals surface area contributed by atoms with Gasteiger partial charge >= 0.3 is 5.69 Å². The molecule has 9 nitrogen and oxygen atoms in total. The molecule has 0 saturated heterocycles. The number of hydrogen-bond acceptors (Lipinski definition) is 8. The fourth-order valence-electron chi connectivity index (χ4n) is 2.34. The molecule has 0 saturated carbocycles. The van der Waals surface area contributed by atoms with Crippen LogP contribution in [0, 0.1) is 10.1 Å². The van der Waals surface area contributed by atoms with Crippen molar-refractivity contribution in [2.24, 2.45) is 0 Å². The van der Waals surface area contributed by atoms with Gasteiger partial charge in [0.25, 0.3) is 0 Å². The lowest BCUT2D eigenvalue weighted by Crippen LogP contribution is -2.39. The van der Waals surface area contributed by atoms with Crippen LogP contribution in [-0.2, 0) is 17.8 Å². The Morgan fingerprint density at radius 1 is 1.57 bits per heavy atom. The molecule has 0 fully saturated rings. The number of hydrogen-bond donors (Lipinski definition) is 2. The van der Waals surface area contributed by atoms with E-state index in [-0.39, 0.29) is 29.9 Å². The molecule has 3 N–H and O–H groups in total. The van der Waals surface area contributed by atoms with Crippen LogP contribution in [0.3, 0.4) is 0 Å². The predicted molar refractivity (Wildman–Crippen MR) is 85.0 cm³/mol. The molecule has 3 heterocycles. The number of nitro groups is 1. The van der Waals surface area contributed by atoms with E-state index in [9.17, 15) is 14.9 Å². The van der Waals surface area contributed by atoms with Crippen molar-refractivity contribution in [1.82, 2.24) is 14.9 Å². The monoisotopic (exact) mass is 334 g/mol. The highest BCUT2D eigenvalue weighted by molar-refractivity contribution is 7.10. The van der Waals surface area contributed by atoms with Crippen LogP contribution < -0.4 is 11.1 Å². The fraction of sp³-hybridized carbons (Fsp3) is 0.308. The maximum Gasteiger partial charge on any atom is 0.329 e. The zero-order valence-corrected chi connectivity index (χ0v) is 12.9. The topological polar surface area (TPSA) is 127 Å². The number of nitrogens with two attached hydrogens (primary N) is 1. The minimum absolute atomic E-state index is 0.0106. The van der Waals surface area contributed by atoms with Crippen molar-refractivity contribution in [1.29, 1.82) is 0 Å². The molecule has 2 aromatic rings. The fourth-order valence-corrected chi connectivity index (χ4v) is 3.23. The number of thiophene rings is 1. The van der Waals surface area contributed by atoms with Crippen molar-refractivity contribution < 1.29 is 9.72 Å². The first-order valence-electron chi connectivity index (χ1n) is 6.88. The number of nitrogens with zero attached hydrogens (tertiary/aromatic N) is 4. The highest BCUT2D eigenvalue weighted by atomic mass is 32.1. The average molecular weight is 334 g/mol. The van der Waals surface area contributed by atoms with Crippen LogP contribution in [0.4, 0.5) is 17.5 Å². The first-order chi connectivity index (χ1) is 11.0. The summed E-state index contributed by atoms with van der Waals surface area (Å²) in [6.45, 7) is 1.29. The van der Waals surface area contributed by atoms with E-state index < -0.39 is 4.92 Å². The van der Waals surface area contributed by atoms with Gasteiger partial charge in [0, 0.05) is 18.0 Å². The first kappa shape index (κ1) is 15.2. The summed E-state index contributed by atoms with van der Waals surface area (Å²) in [6.07, 6.45) is 1.88. The Kier molecular flexibility index (Phi) is 4.06. The summed E-state index contributed by atoms with van der Waals surface area (Å²) in [5.41, 5.74) is 6.31. The second kappa shape index (κ2) is 6.16. The number of amides is 1. The van der Waals surface area contributed by atoms with Crippen molar-refractivity contribution in [3.63, 3.8) is 0 Å². The van der Waals surface area contributed by atoms with Gasteiger partial charge in [-0.2, -0.15) is 4.98 Å². The molecule has 0 unspecified atom stereocenters. The van der Waals surface area contributed by atoms with E-state index in [0.29, 0.717) is 13.1 Å². The van der Waals surface area contributed by atoms with E-state index in [0.717, 1.165) is 12.6 Å². The van der Waals surface area contributed by atoms with Gasteiger partial charge in [-0.25, -0.2) is 4.98 Å². The quantitative estimate of drug-likeness (QED) is 0.631. The SMILES string of the molecule is Nc1nc(NCC(=O)N2CCc3sccc3C2)ncc1[N+](=O)[O-]. The predicted octanol–water partition coefficient (Wildman–Crippen LogP) is 1.03. The number of fused-ring (bicyclic) bond motifs is 1. The Hall–Kier alpha value is -2.75. The van der Waals surface area contributed by atoms with Gasteiger partial charge in [0.2, 0.25) is 17.7 Å². The molecule has 0 aliphatic carbocycles.